The maximum Gasteiger partial charge on any atom is 0.415 e. The van der Waals surface area contributed by atoms with E-state index in [1.807, 2.05) is 24.4 Å². The Morgan fingerprint density at radius 1 is 1.18 bits per heavy atom. The van der Waals surface area contributed by atoms with Crippen molar-refractivity contribution in [3.05, 3.63) is 52.0 Å². The summed E-state index contributed by atoms with van der Waals surface area (Å²) in [6.45, 7) is 12.8. The number of aromatic nitrogens is 2. The van der Waals surface area contributed by atoms with Gasteiger partial charge in [-0.15, -0.1) is 11.3 Å². The predicted octanol–water partition coefficient (Wildman–Crippen LogP) is 7.60. The van der Waals surface area contributed by atoms with Crippen LogP contribution in [0.25, 0.3) is 22.4 Å². The summed E-state index contributed by atoms with van der Waals surface area (Å²) in [5.41, 5.74) is 0.239. The second-order valence-electron chi connectivity index (χ2n) is 11.3. The molecule has 40 heavy (non-hydrogen) atoms. The normalized spacial score (nSPS) is 12.8. The summed E-state index contributed by atoms with van der Waals surface area (Å²) in [5.74, 6) is 0.868. The second-order valence-corrected chi connectivity index (χ2v) is 12.7. The number of fused-ring (bicyclic) bond motifs is 1. The van der Waals surface area contributed by atoms with Gasteiger partial charge in [-0.1, -0.05) is 17.7 Å². The zero-order valence-electron chi connectivity index (χ0n) is 23.5. The summed E-state index contributed by atoms with van der Waals surface area (Å²) >= 11 is 8.03. The van der Waals surface area contributed by atoms with Crippen LogP contribution in [-0.2, 0) is 22.4 Å². The number of carbonyl (C=O) groups is 2. The van der Waals surface area contributed by atoms with Crippen molar-refractivity contribution in [1.82, 2.24) is 15.3 Å². The number of thiophene rings is 1. The molecule has 0 saturated carbocycles. The molecule has 4 aromatic rings. The van der Waals surface area contributed by atoms with Gasteiger partial charge in [0.2, 0.25) is 0 Å². The van der Waals surface area contributed by atoms with E-state index in [1.165, 1.54) is 22.6 Å². The van der Waals surface area contributed by atoms with Crippen LogP contribution in [0.1, 0.15) is 59.1 Å². The molecule has 0 saturated heterocycles. The third-order valence-corrected chi connectivity index (χ3v) is 6.45. The van der Waals surface area contributed by atoms with E-state index < -0.39 is 23.4 Å². The molecule has 4 heterocycles. The summed E-state index contributed by atoms with van der Waals surface area (Å²) in [6, 6.07) is 5.03. The van der Waals surface area contributed by atoms with E-state index in [9.17, 15) is 9.59 Å². The third kappa shape index (κ3) is 7.33. The highest BCUT2D eigenvalue weighted by Gasteiger charge is 2.31. The maximum atomic E-state index is 13.5. The predicted molar refractivity (Wildman–Crippen MR) is 154 cm³/mol. The van der Waals surface area contributed by atoms with Crippen LogP contribution in [0.2, 0.25) is 5.15 Å². The van der Waals surface area contributed by atoms with Crippen molar-refractivity contribution < 1.29 is 27.9 Å². The molecule has 1 N–H and O–H groups in total. The van der Waals surface area contributed by atoms with Crippen LogP contribution in [-0.4, -0.2) is 39.4 Å². The summed E-state index contributed by atoms with van der Waals surface area (Å²) in [7, 11) is 0. The maximum absolute atomic E-state index is 13.5. The minimum atomic E-state index is -0.733. The van der Waals surface area contributed by atoms with Gasteiger partial charge >= 0.3 is 12.2 Å². The van der Waals surface area contributed by atoms with Gasteiger partial charge in [0.1, 0.15) is 27.6 Å². The number of amides is 2. The van der Waals surface area contributed by atoms with Gasteiger partial charge in [0.15, 0.2) is 17.7 Å². The zero-order valence-corrected chi connectivity index (χ0v) is 25.1. The molecule has 0 unspecified atom stereocenters. The molecule has 4 aromatic heterocycles. The van der Waals surface area contributed by atoms with Crippen LogP contribution in [0.3, 0.4) is 0 Å². The van der Waals surface area contributed by atoms with E-state index in [2.05, 4.69) is 15.3 Å². The molecule has 12 heteroatoms. The number of nitrogens with one attached hydrogen (secondary N) is 1. The lowest BCUT2D eigenvalue weighted by Gasteiger charge is -2.27. The molecular weight excluding hydrogens is 556 g/mol. The topological polar surface area (TPSA) is 120 Å². The number of carbonyl (C=O) groups excluding carboxylic acids is 2. The van der Waals surface area contributed by atoms with Crippen LogP contribution >= 0.6 is 22.9 Å². The van der Waals surface area contributed by atoms with Gasteiger partial charge < -0.3 is 23.6 Å². The molecule has 0 aliphatic carbocycles. The second kappa shape index (κ2) is 11.5. The Kier molecular flexibility index (Phi) is 8.46. The zero-order chi connectivity index (χ0) is 29.2. The number of anilines is 1. The van der Waals surface area contributed by atoms with E-state index in [1.54, 1.807) is 53.8 Å². The fourth-order valence-corrected chi connectivity index (χ4v) is 4.85. The van der Waals surface area contributed by atoms with Gasteiger partial charge in [-0.05, 0) is 59.9 Å². The van der Waals surface area contributed by atoms with Crippen LogP contribution in [0.15, 0.2) is 45.0 Å². The number of alkyl carbamates (subject to hydrolysis) is 1. The summed E-state index contributed by atoms with van der Waals surface area (Å²) in [6.07, 6.45) is 1.99. The fourth-order valence-electron chi connectivity index (χ4n) is 3.96. The summed E-state index contributed by atoms with van der Waals surface area (Å²) < 4.78 is 23.2. The highest BCUT2D eigenvalue weighted by atomic mass is 35.5. The number of pyridine rings is 1. The molecule has 0 fully saturated rings. The molecule has 2 amide bonds. The van der Waals surface area contributed by atoms with Crippen LogP contribution in [0.5, 0.6) is 0 Å². The molecule has 0 bridgehead atoms. The van der Waals surface area contributed by atoms with E-state index >= 15 is 0 Å². The number of oxazole rings is 1. The average Bonchev–Trinajstić information content (AvgIpc) is 3.55. The highest BCUT2D eigenvalue weighted by molar-refractivity contribution is 7.09. The van der Waals surface area contributed by atoms with Crippen molar-refractivity contribution in [2.75, 3.05) is 4.90 Å². The Labute approximate surface area is 241 Å². The Balaban J connectivity index is 1.81. The van der Waals surface area contributed by atoms with E-state index in [4.69, 9.17) is 29.9 Å². The smallest absolute Gasteiger partial charge is 0.415 e. The van der Waals surface area contributed by atoms with Crippen LogP contribution < -0.4 is 10.2 Å². The van der Waals surface area contributed by atoms with Crippen molar-refractivity contribution in [2.24, 2.45) is 0 Å². The van der Waals surface area contributed by atoms with Crippen LogP contribution in [0, 0.1) is 0 Å². The molecule has 214 valence electrons. The average molecular weight is 589 g/mol. The van der Waals surface area contributed by atoms with Gasteiger partial charge in [-0.25, -0.2) is 19.6 Å². The molecule has 1 atom stereocenters. The first-order valence-electron chi connectivity index (χ1n) is 12.7. The monoisotopic (exact) mass is 588 g/mol. The van der Waals surface area contributed by atoms with Crippen molar-refractivity contribution in [3.63, 3.8) is 0 Å². The molecule has 0 aromatic carbocycles. The first-order valence-corrected chi connectivity index (χ1v) is 14.0. The number of rotatable bonds is 7. The quantitative estimate of drug-likeness (QED) is 0.219. The van der Waals surface area contributed by atoms with E-state index in [-0.39, 0.29) is 24.2 Å². The molecular formula is C28H33ClN4O6S. The summed E-state index contributed by atoms with van der Waals surface area (Å²) in [5, 5.41) is 4.91. The number of hydrogen-bond acceptors (Lipinski definition) is 9. The van der Waals surface area contributed by atoms with Crippen molar-refractivity contribution in [1.29, 1.82) is 0 Å². The molecule has 0 aliphatic heterocycles. The molecule has 0 aliphatic rings. The SMILES string of the molecule is C[C@@H](Cc1oc2c(N(Cc3cccs3)C(=O)OC(C)(C)C)cc(Cl)nc2c1-c1cnco1)NC(=O)OC(C)(C)C. The number of ether oxygens (including phenoxy) is 2. The Hall–Kier alpha value is -3.57. The summed E-state index contributed by atoms with van der Waals surface area (Å²) in [4.78, 5) is 36.9. The number of halogens is 1. The Morgan fingerprint density at radius 2 is 1.90 bits per heavy atom. The highest BCUT2D eigenvalue weighted by Crippen LogP contribution is 2.41. The lowest BCUT2D eigenvalue weighted by Crippen LogP contribution is -2.38. The largest absolute Gasteiger partial charge is 0.456 e. The molecule has 0 radical (unpaired) electrons. The van der Waals surface area contributed by atoms with E-state index in [0.29, 0.717) is 33.9 Å². The molecule has 10 nitrogen and oxygen atoms in total. The van der Waals surface area contributed by atoms with Gasteiger partial charge in [-0.2, -0.15) is 0 Å². The van der Waals surface area contributed by atoms with Gasteiger partial charge in [0.05, 0.1) is 24.0 Å². The fraction of sp³-hybridized carbons (Fsp3) is 0.429. The van der Waals surface area contributed by atoms with E-state index in [0.717, 1.165) is 4.88 Å². The number of nitrogens with zero attached hydrogens (tertiary/aromatic N) is 3. The van der Waals surface area contributed by atoms with Crippen molar-refractivity contribution >= 4 is 51.9 Å². The Bertz CT molecular complexity index is 1470. The minimum absolute atomic E-state index is 0.148. The molecule has 4 rings (SSSR count). The lowest BCUT2D eigenvalue weighted by atomic mass is 10.1. The number of hydrogen-bond donors (Lipinski definition) is 1. The minimum Gasteiger partial charge on any atom is -0.456 e. The first-order chi connectivity index (χ1) is 18.7. The number of furan rings is 1. The Morgan fingerprint density at radius 3 is 2.50 bits per heavy atom. The molecule has 0 spiro atoms. The standard InChI is InChI=1S/C28H33ClN4O6S/c1-16(31-25(34)38-27(2,3)4)11-19-22(20-13-30-15-36-20)23-24(37-19)18(12-21(29)32-23)33(14-17-9-8-10-40-17)26(35)39-28(5,6)7/h8-10,12-13,15-16H,11,14H2,1-7H3,(H,31,34)/t16-/m0/s1. The van der Waals surface area contributed by atoms with Gasteiger partial charge in [0.25, 0.3) is 0 Å². The van der Waals surface area contributed by atoms with Crippen LogP contribution in [0.4, 0.5) is 15.3 Å². The van der Waals surface area contributed by atoms with Gasteiger partial charge in [-0.3, -0.25) is 4.90 Å². The third-order valence-electron chi connectivity index (χ3n) is 5.40. The lowest BCUT2D eigenvalue weighted by molar-refractivity contribution is 0.0505. The first kappa shape index (κ1) is 29.4. The van der Waals surface area contributed by atoms with Crippen molar-refractivity contribution in [2.45, 2.75) is 78.7 Å². The van der Waals surface area contributed by atoms with Crippen molar-refractivity contribution in [3.8, 4) is 11.3 Å². The van der Waals surface area contributed by atoms with Gasteiger partial charge in [0, 0.05) is 23.4 Å².